The molecule has 3 heterocycles. The fourth-order valence-electron chi connectivity index (χ4n) is 3.35. The number of hydrogen-bond acceptors (Lipinski definition) is 4. The summed E-state index contributed by atoms with van der Waals surface area (Å²) >= 11 is 5.66. The molecule has 1 saturated heterocycles. The van der Waals surface area contributed by atoms with Gasteiger partial charge in [-0.15, -0.1) is 5.10 Å². The molecule has 3 aromatic rings. The van der Waals surface area contributed by atoms with Crippen LogP contribution in [0.25, 0.3) is 5.65 Å². The van der Waals surface area contributed by atoms with Gasteiger partial charge in [0.2, 0.25) is 5.91 Å². The second-order valence-corrected chi connectivity index (χ2v) is 7.60. The number of rotatable bonds is 5. The highest BCUT2D eigenvalue weighted by Crippen LogP contribution is 2.31. The summed E-state index contributed by atoms with van der Waals surface area (Å²) in [6.07, 6.45) is 0. The first-order valence-corrected chi connectivity index (χ1v) is 9.48. The Morgan fingerprint density at radius 2 is 2.03 bits per heavy atom. The summed E-state index contributed by atoms with van der Waals surface area (Å²) in [6, 6.07) is 8.37. The largest absolute Gasteiger partial charge is 0.352 e. The van der Waals surface area contributed by atoms with Gasteiger partial charge in [-0.1, -0.05) is 23.7 Å². The SMILES string of the molecule is C[C@H](NC(=O)Cn1nc2cccc(N3CC(F)(F)C3)n2c1=O)c1ccc(Cl)c(F)c1. The third-order valence-electron chi connectivity index (χ3n) is 4.87. The van der Waals surface area contributed by atoms with Gasteiger partial charge in [0, 0.05) is 0 Å². The number of pyridine rings is 1. The lowest BCUT2D eigenvalue weighted by molar-refractivity contribution is -0.122. The van der Waals surface area contributed by atoms with Gasteiger partial charge in [-0.25, -0.2) is 27.0 Å². The van der Waals surface area contributed by atoms with Crippen molar-refractivity contribution >= 4 is 29.0 Å². The number of benzene rings is 1. The Morgan fingerprint density at radius 3 is 2.70 bits per heavy atom. The maximum Gasteiger partial charge on any atom is 0.352 e. The number of fused-ring (bicyclic) bond motifs is 1. The highest BCUT2D eigenvalue weighted by Gasteiger charge is 2.44. The van der Waals surface area contributed by atoms with Gasteiger partial charge in [0.1, 0.15) is 18.2 Å². The van der Waals surface area contributed by atoms with Crippen molar-refractivity contribution in [2.45, 2.75) is 25.4 Å². The van der Waals surface area contributed by atoms with Crippen LogP contribution in [0.1, 0.15) is 18.5 Å². The Bertz CT molecular complexity index is 1180. The summed E-state index contributed by atoms with van der Waals surface area (Å²) in [5.41, 5.74) is 0.137. The zero-order valence-corrected chi connectivity index (χ0v) is 16.5. The average molecular weight is 440 g/mol. The molecule has 1 N–H and O–H groups in total. The predicted octanol–water partition coefficient (Wildman–Crippen LogP) is 2.62. The fourth-order valence-corrected chi connectivity index (χ4v) is 3.47. The van der Waals surface area contributed by atoms with E-state index in [1.807, 2.05) is 0 Å². The molecule has 0 bridgehead atoms. The molecule has 4 rings (SSSR count). The van der Waals surface area contributed by atoms with Crippen molar-refractivity contribution < 1.29 is 18.0 Å². The molecule has 1 aliphatic rings. The molecule has 0 spiro atoms. The summed E-state index contributed by atoms with van der Waals surface area (Å²) in [5.74, 6) is -3.62. The summed E-state index contributed by atoms with van der Waals surface area (Å²) < 4.78 is 42.2. The summed E-state index contributed by atoms with van der Waals surface area (Å²) in [7, 11) is 0. The number of alkyl halides is 2. The highest BCUT2D eigenvalue weighted by atomic mass is 35.5. The monoisotopic (exact) mass is 439 g/mol. The van der Waals surface area contributed by atoms with Gasteiger partial charge in [-0.05, 0) is 36.8 Å². The van der Waals surface area contributed by atoms with Gasteiger partial charge in [0.15, 0.2) is 5.65 Å². The van der Waals surface area contributed by atoms with E-state index in [4.69, 9.17) is 11.6 Å². The van der Waals surface area contributed by atoms with E-state index >= 15 is 0 Å². The van der Waals surface area contributed by atoms with Gasteiger partial charge < -0.3 is 10.2 Å². The maximum absolute atomic E-state index is 13.6. The lowest BCUT2D eigenvalue weighted by Crippen LogP contribution is -2.57. The topological polar surface area (TPSA) is 71.6 Å². The van der Waals surface area contributed by atoms with Crippen LogP contribution < -0.4 is 15.9 Å². The number of anilines is 1. The predicted molar refractivity (Wildman–Crippen MR) is 105 cm³/mol. The molecule has 7 nitrogen and oxygen atoms in total. The molecule has 1 atom stereocenters. The van der Waals surface area contributed by atoms with E-state index in [0.717, 1.165) is 4.68 Å². The van der Waals surface area contributed by atoms with Crippen molar-refractivity contribution in [3.8, 4) is 0 Å². The van der Waals surface area contributed by atoms with Crippen molar-refractivity contribution in [3.05, 3.63) is 63.3 Å². The zero-order chi connectivity index (χ0) is 21.6. The Labute approximate surface area is 173 Å². The zero-order valence-electron chi connectivity index (χ0n) is 15.8. The number of halogens is 4. The molecule has 1 amide bonds. The van der Waals surface area contributed by atoms with Crippen LogP contribution in [0.15, 0.2) is 41.2 Å². The number of nitrogens with zero attached hydrogens (tertiary/aromatic N) is 4. The number of aromatic nitrogens is 3. The van der Waals surface area contributed by atoms with E-state index in [1.54, 1.807) is 31.2 Å². The third kappa shape index (κ3) is 3.74. The van der Waals surface area contributed by atoms with Crippen LogP contribution in [0, 0.1) is 5.82 Å². The highest BCUT2D eigenvalue weighted by molar-refractivity contribution is 6.30. The van der Waals surface area contributed by atoms with Crippen molar-refractivity contribution in [2.75, 3.05) is 18.0 Å². The third-order valence-corrected chi connectivity index (χ3v) is 5.17. The Hall–Kier alpha value is -3.01. The second-order valence-electron chi connectivity index (χ2n) is 7.19. The van der Waals surface area contributed by atoms with Gasteiger partial charge in [-0.2, -0.15) is 0 Å². The molecular formula is C19H17ClF3N5O2. The molecule has 0 radical (unpaired) electrons. The van der Waals surface area contributed by atoms with Crippen LogP contribution in [0.5, 0.6) is 0 Å². The maximum atomic E-state index is 13.6. The van der Waals surface area contributed by atoms with Crippen molar-refractivity contribution in [1.82, 2.24) is 19.5 Å². The van der Waals surface area contributed by atoms with Crippen LogP contribution in [0.3, 0.4) is 0 Å². The Kier molecular flexibility index (Phi) is 4.97. The number of hydrogen-bond donors (Lipinski definition) is 1. The molecule has 30 heavy (non-hydrogen) atoms. The number of carbonyl (C=O) groups excluding carboxylic acids is 1. The van der Waals surface area contributed by atoms with E-state index in [2.05, 4.69) is 10.4 Å². The first-order valence-electron chi connectivity index (χ1n) is 9.10. The molecule has 2 aromatic heterocycles. The van der Waals surface area contributed by atoms with Crippen LogP contribution >= 0.6 is 11.6 Å². The normalized spacial score (nSPS) is 16.4. The van der Waals surface area contributed by atoms with Crippen LogP contribution in [-0.4, -0.2) is 39.1 Å². The van der Waals surface area contributed by atoms with Crippen LogP contribution in [-0.2, 0) is 11.3 Å². The summed E-state index contributed by atoms with van der Waals surface area (Å²) in [5, 5.41) is 6.75. The molecule has 1 aliphatic heterocycles. The molecule has 0 aliphatic carbocycles. The van der Waals surface area contributed by atoms with Crippen LogP contribution in [0.2, 0.25) is 5.02 Å². The quantitative estimate of drug-likeness (QED) is 0.663. The van der Waals surface area contributed by atoms with Crippen LogP contribution in [0.4, 0.5) is 19.0 Å². The van der Waals surface area contributed by atoms with Crippen molar-refractivity contribution in [2.24, 2.45) is 0 Å². The molecule has 0 unspecified atom stereocenters. The molecule has 11 heteroatoms. The molecular weight excluding hydrogens is 423 g/mol. The van der Waals surface area contributed by atoms with E-state index < -0.39 is 42.5 Å². The lowest BCUT2D eigenvalue weighted by atomic mass is 10.1. The average Bonchev–Trinajstić information content (AvgIpc) is 2.97. The second kappa shape index (κ2) is 7.35. The van der Waals surface area contributed by atoms with Gasteiger partial charge in [-0.3, -0.25) is 4.79 Å². The van der Waals surface area contributed by atoms with Gasteiger partial charge in [0.05, 0.1) is 24.2 Å². The smallest absolute Gasteiger partial charge is 0.348 e. The minimum atomic E-state index is -2.79. The number of amides is 1. The van der Waals surface area contributed by atoms with Gasteiger partial charge in [0.25, 0.3) is 5.92 Å². The van der Waals surface area contributed by atoms with E-state index in [9.17, 15) is 22.8 Å². The number of carbonyl (C=O) groups is 1. The molecule has 1 aromatic carbocycles. The minimum Gasteiger partial charge on any atom is -0.348 e. The minimum absolute atomic E-state index is 0.0238. The molecule has 0 saturated carbocycles. The first-order chi connectivity index (χ1) is 14.1. The van der Waals surface area contributed by atoms with Crippen molar-refractivity contribution in [1.29, 1.82) is 0 Å². The number of nitrogens with one attached hydrogen (secondary N) is 1. The Morgan fingerprint density at radius 1 is 1.30 bits per heavy atom. The first kappa shape index (κ1) is 20.3. The molecule has 1 fully saturated rings. The summed E-state index contributed by atoms with van der Waals surface area (Å²) in [6.45, 7) is 0.310. The standard InChI is InChI=1S/C19H17ClF3N5O2/c1-11(12-5-6-13(20)14(21)7-12)24-16(29)8-27-18(30)28-15(25-27)3-2-4-17(28)26-9-19(22,23)10-26/h2-7,11H,8-10H2,1H3,(H,24,29)/t11-/m0/s1. The lowest BCUT2D eigenvalue weighted by Gasteiger charge is -2.40. The van der Waals surface area contributed by atoms with Gasteiger partial charge >= 0.3 is 5.69 Å². The van der Waals surface area contributed by atoms with E-state index in [-0.39, 0.29) is 17.2 Å². The Balaban J connectivity index is 1.52. The van der Waals surface area contributed by atoms with Crippen molar-refractivity contribution in [3.63, 3.8) is 0 Å². The van der Waals surface area contributed by atoms with E-state index in [1.165, 1.54) is 21.4 Å². The van der Waals surface area contributed by atoms with E-state index in [0.29, 0.717) is 11.4 Å². The molecule has 158 valence electrons. The summed E-state index contributed by atoms with van der Waals surface area (Å²) in [4.78, 5) is 26.5. The fraction of sp³-hybridized carbons (Fsp3) is 0.316.